The molecule has 0 spiro atoms. The number of nitriles is 1. The zero-order valence-electron chi connectivity index (χ0n) is 14.4. The van der Waals surface area contributed by atoms with Crippen molar-refractivity contribution < 1.29 is 4.39 Å². The number of aromatic nitrogens is 2. The summed E-state index contributed by atoms with van der Waals surface area (Å²) in [7, 11) is 0. The minimum absolute atomic E-state index is 0.213. The van der Waals surface area contributed by atoms with Gasteiger partial charge in [0.05, 0.1) is 16.9 Å². The lowest BCUT2D eigenvalue weighted by molar-refractivity contribution is 0.612. The molecule has 1 N–H and O–H groups in total. The summed E-state index contributed by atoms with van der Waals surface area (Å²) >= 11 is 0. The van der Waals surface area contributed by atoms with Gasteiger partial charge >= 0.3 is 0 Å². The van der Waals surface area contributed by atoms with Gasteiger partial charge in [0.25, 0.3) is 0 Å². The standard InChI is InChI=1S/C21H19FN4/c22-18-10-3-1-7-15(18)13-19-17-9-5-6-12-24-21(17)26(25-19)20-11-4-2-8-16(20)14-23/h1-4,7-8,10-11,24H,5-6,9,12-13H2. The average Bonchev–Trinajstić information content (AvgIpc) is 2.84. The third kappa shape index (κ3) is 2.95. The van der Waals surface area contributed by atoms with Crippen molar-refractivity contribution in [3.8, 4) is 11.8 Å². The molecule has 4 rings (SSSR count). The molecule has 1 aliphatic heterocycles. The predicted molar refractivity (Wildman–Crippen MR) is 98.9 cm³/mol. The number of benzene rings is 2. The molecule has 0 aliphatic carbocycles. The van der Waals surface area contributed by atoms with Gasteiger partial charge in [0.1, 0.15) is 17.7 Å². The maximum absolute atomic E-state index is 14.1. The molecule has 26 heavy (non-hydrogen) atoms. The van der Waals surface area contributed by atoms with E-state index in [1.807, 2.05) is 28.9 Å². The van der Waals surface area contributed by atoms with E-state index in [9.17, 15) is 9.65 Å². The fourth-order valence-corrected chi connectivity index (χ4v) is 3.46. The Labute approximate surface area is 151 Å². The van der Waals surface area contributed by atoms with Gasteiger partial charge in [-0.1, -0.05) is 30.3 Å². The van der Waals surface area contributed by atoms with Gasteiger partial charge in [0.15, 0.2) is 0 Å². The van der Waals surface area contributed by atoms with E-state index in [1.165, 1.54) is 6.07 Å². The average molecular weight is 346 g/mol. The molecule has 3 aromatic rings. The second-order valence-corrected chi connectivity index (χ2v) is 6.47. The molecule has 5 heteroatoms. The van der Waals surface area contributed by atoms with Crippen LogP contribution in [-0.2, 0) is 12.8 Å². The molecule has 4 nitrogen and oxygen atoms in total. The number of para-hydroxylation sites is 1. The zero-order chi connectivity index (χ0) is 17.9. The van der Waals surface area contributed by atoms with Gasteiger partial charge in [0, 0.05) is 18.5 Å². The first kappa shape index (κ1) is 16.3. The number of nitrogens with one attached hydrogen (secondary N) is 1. The van der Waals surface area contributed by atoms with E-state index >= 15 is 0 Å². The van der Waals surface area contributed by atoms with E-state index in [0.717, 1.165) is 48.6 Å². The van der Waals surface area contributed by atoms with Crippen LogP contribution in [0.25, 0.3) is 5.69 Å². The number of hydrogen-bond acceptors (Lipinski definition) is 3. The Morgan fingerprint density at radius 1 is 1.12 bits per heavy atom. The number of rotatable bonds is 3. The summed E-state index contributed by atoms with van der Waals surface area (Å²) in [5.74, 6) is 0.714. The minimum atomic E-state index is -0.213. The third-order valence-electron chi connectivity index (χ3n) is 4.78. The lowest BCUT2D eigenvalue weighted by Crippen LogP contribution is -2.08. The third-order valence-corrected chi connectivity index (χ3v) is 4.78. The van der Waals surface area contributed by atoms with E-state index in [1.54, 1.807) is 18.2 Å². The first-order valence-corrected chi connectivity index (χ1v) is 8.85. The van der Waals surface area contributed by atoms with E-state index in [2.05, 4.69) is 11.4 Å². The number of nitrogens with zero attached hydrogens (tertiary/aromatic N) is 3. The maximum Gasteiger partial charge on any atom is 0.133 e. The minimum Gasteiger partial charge on any atom is -0.370 e. The first-order chi connectivity index (χ1) is 12.8. The lowest BCUT2D eigenvalue weighted by Gasteiger charge is -2.10. The molecule has 0 saturated heterocycles. The summed E-state index contributed by atoms with van der Waals surface area (Å²) in [6, 6.07) is 16.5. The largest absolute Gasteiger partial charge is 0.370 e. The van der Waals surface area contributed by atoms with E-state index < -0.39 is 0 Å². The molecule has 0 bridgehead atoms. The first-order valence-electron chi connectivity index (χ1n) is 8.85. The van der Waals surface area contributed by atoms with E-state index in [0.29, 0.717) is 17.5 Å². The van der Waals surface area contributed by atoms with Crippen LogP contribution >= 0.6 is 0 Å². The van der Waals surface area contributed by atoms with Gasteiger partial charge in [-0.05, 0) is 43.0 Å². The van der Waals surface area contributed by atoms with Crippen molar-refractivity contribution in [1.82, 2.24) is 9.78 Å². The Balaban J connectivity index is 1.85. The molecular weight excluding hydrogens is 327 g/mol. The number of halogens is 1. The van der Waals surface area contributed by atoms with Crippen molar-refractivity contribution >= 4 is 5.82 Å². The number of anilines is 1. The second kappa shape index (κ2) is 7.01. The van der Waals surface area contributed by atoms with Crippen molar-refractivity contribution in [2.75, 3.05) is 11.9 Å². The molecule has 130 valence electrons. The van der Waals surface area contributed by atoms with Crippen LogP contribution < -0.4 is 5.32 Å². The van der Waals surface area contributed by atoms with E-state index in [4.69, 9.17) is 5.10 Å². The predicted octanol–water partition coefficient (Wildman–Crippen LogP) is 4.22. The van der Waals surface area contributed by atoms with Crippen LogP contribution in [0.5, 0.6) is 0 Å². The van der Waals surface area contributed by atoms with Crippen molar-refractivity contribution in [3.05, 3.63) is 76.7 Å². The van der Waals surface area contributed by atoms with Crippen molar-refractivity contribution in [2.24, 2.45) is 0 Å². The summed E-state index contributed by atoms with van der Waals surface area (Å²) in [4.78, 5) is 0. The number of fused-ring (bicyclic) bond motifs is 1. The Morgan fingerprint density at radius 3 is 2.77 bits per heavy atom. The highest BCUT2D eigenvalue weighted by molar-refractivity contribution is 5.58. The molecule has 0 fully saturated rings. The number of hydrogen-bond donors (Lipinski definition) is 1. The maximum atomic E-state index is 14.1. The Bertz CT molecular complexity index is 984. The van der Waals surface area contributed by atoms with Gasteiger partial charge in [-0.25, -0.2) is 9.07 Å². The van der Waals surface area contributed by atoms with Crippen LogP contribution in [0.15, 0.2) is 48.5 Å². The van der Waals surface area contributed by atoms with Crippen LogP contribution in [0.3, 0.4) is 0 Å². The van der Waals surface area contributed by atoms with Gasteiger partial charge in [-0.3, -0.25) is 0 Å². The highest BCUT2D eigenvalue weighted by Gasteiger charge is 2.22. The Kier molecular flexibility index (Phi) is 4.40. The molecular formula is C21H19FN4. The van der Waals surface area contributed by atoms with Crippen molar-refractivity contribution in [1.29, 1.82) is 5.26 Å². The monoisotopic (exact) mass is 346 g/mol. The summed E-state index contributed by atoms with van der Waals surface area (Å²) in [6.45, 7) is 0.868. The van der Waals surface area contributed by atoms with Crippen LogP contribution in [0.4, 0.5) is 10.2 Å². The fraction of sp³-hybridized carbons (Fsp3) is 0.238. The van der Waals surface area contributed by atoms with E-state index in [-0.39, 0.29) is 5.82 Å². The molecule has 0 amide bonds. The van der Waals surface area contributed by atoms with Crippen LogP contribution in [0, 0.1) is 17.1 Å². The van der Waals surface area contributed by atoms with Crippen LogP contribution in [0.2, 0.25) is 0 Å². The quantitative estimate of drug-likeness (QED) is 0.772. The fourth-order valence-electron chi connectivity index (χ4n) is 3.46. The molecule has 0 atom stereocenters. The smallest absolute Gasteiger partial charge is 0.133 e. The van der Waals surface area contributed by atoms with Gasteiger partial charge in [0.2, 0.25) is 0 Å². The highest BCUT2D eigenvalue weighted by Crippen LogP contribution is 2.30. The SMILES string of the molecule is N#Cc1ccccc1-n1nc(Cc2ccccc2F)c2c1NCCCC2. The molecule has 0 unspecified atom stereocenters. The topological polar surface area (TPSA) is 53.6 Å². The lowest BCUT2D eigenvalue weighted by atomic mass is 10.0. The van der Waals surface area contributed by atoms with Gasteiger partial charge in [-0.15, -0.1) is 0 Å². The van der Waals surface area contributed by atoms with Crippen molar-refractivity contribution in [2.45, 2.75) is 25.7 Å². The summed E-state index contributed by atoms with van der Waals surface area (Å²) in [5, 5.41) is 17.7. The summed E-state index contributed by atoms with van der Waals surface area (Å²) < 4.78 is 16.0. The van der Waals surface area contributed by atoms with Gasteiger partial charge < -0.3 is 5.32 Å². The molecule has 2 aromatic carbocycles. The van der Waals surface area contributed by atoms with Crippen LogP contribution in [0.1, 0.15) is 35.2 Å². The summed E-state index contributed by atoms with van der Waals surface area (Å²) in [5.41, 5.74) is 3.95. The van der Waals surface area contributed by atoms with Crippen molar-refractivity contribution in [3.63, 3.8) is 0 Å². The molecule has 1 aliphatic rings. The Morgan fingerprint density at radius 2 is 1.92 bits per heavy atom. The second-order valence-electron chi connectivity index (χ2n) is 6.47. The van der Waals surface area contributed by atoms with Gasteiger partial charge in [-0.2, -0.15) is 10.4 Å². The zero-order valence-corrected chi connectivity index (χ0v) is 14.4. The molecule has 0 radical (unpaired) electrons. The molecule has 0 saturated carbocycles. The summed E-state index contributed by atoms with van der Waals surface area (Å²) in [6.07, 6.45) is 3.49. The normalized spacial score (nSPS) is 13.4. The Hall–Kier alpha value is -3.13. The molecule has 1 aromatic heterocycles. The van der Waals surface area contributed by atoms with Crippen LogP contribution in [-0.4, -0.2) is 16.3 Å². The molecule has 2 heterocycles. The highest BCUT2D eigenvalue weighted by atomic mass is 19.1.